The van der Waals surface area contributed by atoms with Crippen molar-refractivity contribution in [2.45, 2.75) is 18.9 Å². The second-order valence-corrected chi connectivity index (χ2v) is 4.16. The van der Waals surface area contributed by atoms with Crippen LogP contribution in [0.15, 0.2) is 42.5 Å². The van der Waals surface area contributed by atoms with Crippen LogP contribution in [-0.2, 0) is 4.79 Å². The summed E-state index contributed by atoms with van der Waals surface area (Å²) in [6, 6.07) is 14.1. The second kappa shape index (κ2) is 3.63. The molecule has 1 aliphatic carbocycles. The lowest BCUT2D eigenvalue weighted by atomic mass is 9.94. The summed E-state index contributed by atoms with van der Waals surface area (Å²) in [5, 5.41) is 2.29. The third kappa shape index (κ3) is 1.56. The highest BCUT2D eigenvalue weighted by molar-refractivity contribution is 5.89. The zero-order valence-electron chi connectivity index (χ0n) is 8.85. The van der Waals surface area contributed by atoms with Crippen molar-refractivity contribution in [2.75, 3.05) is 0 Å². The molecule has 0 spiro atoms. The van der Waals surface area contributed by atoms with Gasteiger partial charge < -0.3 is 4.74 Å². The SMILES string of the molecule is O=C1CC(Oc2cccc3ccccc23)C1. The third-order valence-electron chi connectivity index (χ3n) is 2.95. The Morgan fingerprint density at radius 1 is 1.00 bits per heavy atom. The molecule has 0 saturated heterocycles. The molecular weight excluding hydrogens is 200 g/mol. The van der Waals surface area contributed by atoms with Crippen molar-refractivity contribution in [3.8, 4) is 5.75 Å². The van der Waals surface area contributed by atoms with Gasteiger partial charge in [0.05, 0.1) is 0 Å². The number of benzene rings is 2. The van der Waals surface area contributed by atoms with Crippen LogP contribution in [0.2, 0.25) is 0 Å². The number of hydrogen-bond acceptors (Lipinski definition) is 2. The van der Waals surface area contributed by atoms with E-state index in [0.717, 1.165) is 11.1 Å². The first-order chi connectivity index (χ1) is 7.83. The summed E-state index contributed by atoms with van der Waals surface area (Å²) in [6.45, 7) is 0. The first kappa shape index (κ1) is 9.40. The number of hydrogen-bond donors (Lipinski definition) is 0. The molecule has 0 aromatic heterocycles. The van der Waals surface area contributed by atoms with Crippen molar-refractivity contribution in [2.24, 2.45) is 0 Å². The summed E-state index contributed by atoms with van der Waals surface area (Å²) >= 11 is 0. The van der Waals surface area contributed by atoms with Gasteiger partial charge in [0.15, 0.2) is 0 Å². The molecule has 0 radical (unpaired) electrons. The number of ketones is 1. The first-order valence-electron chi connectivity index (χ1n) is 5.49. The largest absolute Gasteiger partial charge is 0.489 e. The smallest absolute Gasteiger partial charge is 0.140 e. The lowest BCUT2D eigenvalue weighted by molar-refractivity contribution is -0.129. The minimum absolute atomic E-state index is 0.0818. The van der Waals surface area contributed by atoms with Crippen molar-refractivity contribution in [1.82, 2.24) is 0 Å². The van der Waals surface area contributed by atoms with E-state index in [1.807, 2.05) is 30.3 Å². The van der Waals surface area contributed by atoms with Gasteiger partial charge in [-0.2, -0.15) is 0 Å². The van der Waals surface area contributed by atoms with Gasteiger partial charge in [0.1, 0.15) is 17.6 Å². The first-order valence-corrected chi connectivity index (χ1v) is 5.49. The second-order valence-electron chi connectivity index (χ2n) is 4.16. The summed E-state index contributed by atoms with van der Waals surface area (Å²) < 4.78 is 5.81. The summed E-state index contributed by atoms with van der Waals surface area (Å²) in [5.41, 5.74) is 0. The standard InChI is InChI=1S/C14H12O2/c15-11-8-12(9-11)16-14-7-3-5-10-4-1-2-6-13(10)14/h1-7,12H,8-9H2. The van der Waals surface area contributed by atoms with E-state index >= 15 is 0 Å². The van der Waals surface area contributed by atoms with Crippen LogP contribution >= 0.6 is 0 Å². The Bertz CT molecular complexity index is 532. The molecule has 0 atom stereocenters. The molecule has 0 unspecified atom stereocenters. The summed E-state index contributed by atoms with van der Waals surface area (Å²) in [6.07, 6.45) is 1.20. The molecule has 1 aliphatic rings. The Balaban J connectivity index is 1.94. The number of rotatable bonds is 2. The molecular formula is C14H12O2. The molecule has 2 aromatic rings. The average Bonchev–Trinajstić information content (AvgIpc) is 2.27. The van der Waals surface area contributed by atoms with Crippen LogP contribution in [0.4, 0.5) is 0 Å². The Morgan fingerprint density at radius 2 is 1.75 bits per heavy atom. The molecule has 1 saturated carbocycles. The van der Waals surface area contributed by atoms with Crippen LogP contribution in [0, 0.1) is 0 Å². The van der Waals surface area contributed by atoms with E-state index in [2.05, 4.69) is 12.1 Å². The van der Waals surface area contributed by atoms with Gasteiger partial charge in [-0.15, -0.1) is 0 Å². The van der Waals surface area contributed by atoms with E-state index in [1.165, 1.54) is 5.39 Å². The molecule has 2 heteroatoms. The fraction of sp³-hybridized carbons (Fsp3) is 0.214. The lowest BCUT2D eigenvalue weighted by Gasteiger charge is -2.25. The molecule has 3 rings (SSSR count). The summed E-state index contributed by atoms with van der Waals surface area (Å²) in [7, 11) is 0. The van der Waals surface area contributed by atoms with Crippen molar-refractivity contribution < 1.29 is 9.53 Å². The van der Waals surface area contributed by atoms with Gasteiger partial charge in [-0.05, 0) is 11.5 Å². The number of carbonyl (C=O) groups excluding carboxylic acids is 1. The molecule has 1 fully saturated rings. The molecule has 0 bridgehead atoms. The van der Waals surface area contributed by atoms with E-state index in [9.17, 15) is 4.79 Å². The number of fused-ring (bicyclic) bond motifs is 1. The quantitative estimate of drug-likeness (QED) is 0.765. The van der Waals surface area contributed by atoms with Crippen LogP contribution < -0.4 is 4.74 Å². The Hall–Kier alpha value is -1.83. The molecule has 0 N–H and O–H groups in total. The molecule has 0 amide bonds. The minimum atomic E-state index is 0.0818. The van der Waals surface area contributed by atoms with E-state index < -0.39 is 0 Å². The number of carbonyl (C=O) groups is 1. The fourth-order valence-electron chi connectivity index (χ4n) is 2.01. The highest BCUT2D eigenvalue weighted by Crippen LogP contribution is 2.29. The molecule has 2 nitrogen and oxygen atoms in total. The van der Waals surface area contributed by atoms with Crippen LogP contribution in [0.1, 0.15) is 12.8 Å². The highest BCUT2D eigenvalue weighted by atomic mass is 16.5. The maximum Gasteiger partial charge on any atom is 0.140 e. The highest BCUT2D eigenvalue weighted by Gasteiger charge is 2.28. The maximum atomic E-state index is 10.9. The Labute approximate surface area is 93.8 Å². The van der Waals surface area contributed by atoms with Crippen molar-refractivity contribution >= 4 is 16.6 Å². The van der Waals surface area contributed by atoms with E-state index in [-0.39, 0.29) is 6.10 Å². The lowest BCUT2D eigenvalue weighted by Crippen LogP contribution is -2.33. The normalized spacial score (nSPS) is 16.1. The zero-order chi connectivity index (χ0) is 11.0. The van der Waals surface area contributed by atoms with Gasteiger partial charge in [0.2, 0.25) is 0 Å². The third-order valence-corrected chi connectivity index (χ3v) is 2.95. The van der Waals surface area contributed by atoms with Gasteiger partial charge >= 0.3 is 0 Å². The van der Waals surface area contributed by atoms with Crippen molar-refractivity contribution in [3.05, 3.63) is 42.5 Å². The molecule has 16 heavy (non-hydrogen) atoms. The molecule has 80 valence electrons. The van der Waals surface area contributed by atoms with E-state index in [0.29, 0.717) is 18.6 Å². The van der Waals surface area contributed by atoms with E-state index in [4.69, 9.17) is 4.74 Å². The summed E-state index contributed by atoms with van der Waals surface area (Å²) in [5.74, 6) is 1.18. The van der Waals surface area contributed by atoms with Gasteiger partial charge in [-0.1, -0.05) is 36.4 Å². The maximum absolute atomic E-state index is 10.9. The minimum Gasteiger partial charge on any atom is -0.489 e. The predicted octanol–water partition coefficient (Wildman–Crippen LogP) is 2.95. The molecule has 0 aliphatic heterocycles. The number of Topliss-reactive ketones (excluding diaryl/α,β-unsaturated/α-hetero) is 1. The topological polar surface area (TPSA) is 26.3 Å². The van der Waals surface area contributed by atoms with Crippen LogP contribution in [0.25, 0.3) is 10.8 Å². The average molecular weight is 212 g/mol. The zero-order valence-corrected chi connectivity index (χ0v) is 8.85. The Kier molecular flexibility index (Phi) is 2.13. The van der Waals surface area contributed by atoms with Crippen LogP contribution in [-0.4, -0.2) is 11.9 Å². The van der Waals surface area contributed by atoms with E-state index in [1.54, 1.807) is 0 Å². The van der Waals surface area contributed by atoms with Gasteiger partial charge in [0, 0.05) is 18.2 Å². The van der Waals surface area contributed by atoms with Crippen molar-refractivity contribution in [3.63, 3.8) is 0 Å². The number of ether oxygens (including phenoxy) is 1. The molecule has 2 aromatic carbocycles. The predicted molar refractivity (Wildman–Crippen MR) is 62.6 cm³/mol. The van der Waals surface area contributed by atoms with Gasteiger partial charge in [0.25, 0.3) is 0 Å². The fourth-order valence-corrected chi connectivity index (χ4v) is 2.01. The monoisotopic (exact) mass is 212 g/mol. The Morgan fingerprint density at radius 3 is 2.56 bits per heavy atom. The van der Waals surface area contributed by atoms with Gasteiger partial charge in [-0.25, -0.2) is 0 Å². The summed E-state index contributed by atoms with van der Waals surface area (Å²) in [4.78, 5) is 10.9. The van der Waals surface area contributed by atoms with Gasteiger partial charge in [-0.3, -0.25) is 4.79 Å². The molecule has 0 heterocycles. The van der Waals surface area contributed by atoms with Crippen LogP contribution in [0.3, 0.4) is 0 Å². The van der Waals surface area contributed by atoms with Crippen molar-refractivity contribution in [1.29, 1.82) is 0 Å². The van der Waals surface area contributed by atoms with Crippen LogP contribution in [0.5, 0.6) is 5.75 Å².